The molecule has 0 saturated heterocycles. The average molecular weight is 197 g/mol. The third-order valence-electron chi connectivity index (χ3n) is 1.80. The van der Waals surface area contributed by atoms with Crippen LogP contribution in [0.2, 0.25) is 0 Å². The second-order valence-corrected chi connectivity index (χ2v) is 5.32. The molecule has 0 bridgehead atoms. The van der Waals surface area contributed by atoms with E-state index in [1.807, 2.05) is 38.1 Å². The van der Waals surface area contributed by atoms with Crippen LogP contribution in [0.3, 0.4) is 0 Å². The van der Waals surface area contributed by atoms with E-state index in [0.29, 0.717) is 0 Å². The minimum absolute atomic E-state index is 0.198. The molecule has 0 amide bonds. The molecular formula is C10H14O2P. The van der Waals surface area contributed by atoms with Gasteiger partial charge in [0.1, 0.15) is 13.6 Å². The maximum atomic E-state index is 11.7. The third kappa shape index (κ3) is 2.53. The highest BCUT2D eigenvalue weighted by atomic mass is 31.1. The second-order valence-electron chi connectivity index (χ2n) is 3.12. The summed E-state index contributed by atoms with van der Waals surface area (Å²) in [5.41, 5.74) is 0.198. The fourth-order valence-corrected chi connectivity index (χ4v) is 2.07. The molecule has 0 aliphatic heterocycles. The van der Waals surface area contributed by atoms with Gasteiger partial charge < -0.3 is 4.74 Å². The average Bonchev–Trinajstić information content (AvgIpc) is 2.17. The highest BCUT2D eigenvalue weighted by Crippen LogP contribution is 2.26. The zero-order valence-electron chi connectivity index (χ0n) is 8.15. The minimum atomic E-state index is -1.26. The van der Waals surface area contributed by atoms with Gasteiger partial charge in [0.05, 0.1) is 7.11 Å². The number of ether oxygens (including phenoxy) is 1. The summed E-state index contributed by atoms with van der Waals surface area (Å²) in [4.78, 5) is 0. The molecular weight excluding hydrogens is 183 g/mol. The van der Waals surface area contributed by atoms with Crippen molar-refractivity contribution in [3.05, 3.63) is 24.3 Å². The zero-order chi connectivity index (χ0) is 9.84. The Kier molecular flexibility index (Phi) is 3.44. The summed E-state index contributed by atoms with van der Waals surface area (Å²) in [6, 6.07) is 7.39. The van der Waals surface area contributed by atoms with E-state index in [9.17, 15) is 4.57 Å². The molecule has 0 aromatic heterocycles. The van der Waals surface area contributed by atoms with Gasteiger partial charge in [-0.05, 0) is 24.3 Å². The van der Waals surface area contributed by atoms with Crippen molar-refractivity contribution in [3.8, 4) is 5.75 Å². The standard InChI is InChI=1S/C10H14O2P/c1-8(2)13(11)10-6-4-9(12-3)5-7-10/h4-8H,1-3H3. The maximum absolute atomic E-state index is 11.7. The summed E-state index contributed by atoms with van der Waals surface area (Å²) in [5, 5.41) is 0.894. The first-order valence-corrected chi connectivity index (χ1v) is 5.58. The van der Waals surface area contributed by atoms with E-state index >= 15 is 0 Å². The van der Waals surface area contributed by atoms with E-state index in [0.717, 1.165) is 11.1 Å². The smallest absolute Gasteiger partial charge is 0.118 e. The number of methoxy groups -OCH3 is 1. The largest absolute Gasteiger partial charge is 0.497 e. The molecule has 1 rings (SSSR count). The van der Waals surface area contributed by atoms with Crippen LogP contribution in [0.1, 0.15) is 13.8 Å². The van der Waals surface area contributed by atoms with Gasteiger partial charge in [0, 0.05) is 11.0 Å². The van der Waals surface area contributed by atoms with E-state index in [-0.39, 0.29) is 5.66 Å². The molecule has 0 fully saturated rings. The summed E-state index contributed by atoms with van der Waals surface area (Å²) in [7, 11) is 0.365. The molecule has 0 spiro atoms. The van der Waals surface area contributed by atoms with Gasteiger partial charge in [0.25, 0.3) is 0 Å². The molecule has 0 aliphatic carbocycles. The van der Waals surface area contributed by atoms with Gasteiger partial charge >= 0.3 is 0 Å². The van der Waals surface area contributed by atoms with Crippen LogP contribution in [0.4, 0.5) is 0 Å². The fourth-order valence-electron chi connectivity index (χ4n) is 1.03. The van der Waals surface area contributed by atoms with Gasteiger partial charge in [-0.2, -0.15) is 0 Å². The second kappa shape index (κ2) is 4.38. The topological polar surface area (TPSA) is 26.3 Å². The van der Waals surface area contributed by atoms with Gasteiger partial charge in [-0.25, -0.2) is 0 Å². The highest BCUT2D eigenvalue weighted by molar-refractivity contribution is 7.54. The Balaban J connectivity index is 2.86. The quantitative estimate of drug-likeness (QED) is 0.696. The van der Waals surface area contributed by atoms with Crippen molar-refractivity contribution in [2.75, 3.05) is 7.11 Å². The summed E-state index contributed by atoms with van der Waals surface area (Å²) < 4.78 is 16.7. The van der Waals surface area contributed by atoms with Crippen molar-refractivity contribution >= 4 is 13.1 Å². The van der Waals surface area contributed by atoms with Crippen molar-refractivity contribution in [2.24, 2.45) is 0 Å². The Morgan fingerprint density at radius 3 is 2.15 bits per heavy atom. The van der Waals surface area contributed by atoms with E-state index < -0.39 is 7.80 Å². The molecule has 1 aromatic carbocycles. The lowest BCUT2D eigenvalue weighted by Gasteiger charge is -2.05. The molecule has 0 saturated carbocycles. The highest BCUT2D eigenvalue weighted by Gasteiger charge is 2.08. The third-order valence-corrected chi connectivity index (χ3v) is 3.54. The summed E-state index contributed by atoms with van der Waals surface area (Å²) in [5.74, 6) is 0.802. The molecule has 0 aliphatic rings. The lowest BCUT2D eigenvalue weighted by Crippen LogP contribution is -2.01. The lowest BCUT2D eigenvalue weighted by molar-refractivity contribution is 0.415. The molecule has 71 valence electrons. The molecule has 0 heterocycles. The van der Waals surface area contributed by atoms with Crippen molar-refractivity contribution in [1.82, 2.24) is 0 Å². The van der Waals surface area contributed by atoms with Crippen LogP contribution >= 0.6 is 7.80 Å². The Morgan fingerprint density at radius 1 is 1.23 bits per heavy atom. The maximum Gasteiger partial charge on any atom is 0.118 e. The van der Waals surface area contributed by atoms with Gasteiger partial charge in [-0.1, -0.05) is 13.8 Å². The first-order chi connectivity index (χ1) is 6.15. The lowest BCUT2D eigenvalue weighted by atomic mass is 10.3. The Labute approximate surface area is 79.7 Å². The molecule has 13 heavy (non-hydrogen) atoms. The molecule has 0 N–H and O–H groups in total. The van der Waals surface area contributed by atoms with Crippen LogP contribution in [-0.4, -0.2) is 12.8 Å². The van der Waals surface area contributed by atoms with Crippen LogP contribution in [0, 0.1) is 0 Å². The predicted molar refractivity (Wildman–Crippen MR) is 55.4 cm³/mol. The first-order valence-electron chi connectivity index (χ1n) is 4.25. The van der Waals surface area contributed by atoms with E-state index in [1.165, 1.54) is 0 Å². The number of hydrogen-bond donors (Lipinski definition) is 0. The monoisotopic (exact) mass is 197 g/mol. The van der Waals surface area contributed by atoms with Crippen LogP contribution in [-0.2, 0) is 4.57 Å². The predicted octanol–water partition coefficient (Wildman–Crippen LogP) is 2.56. The molecule has 1 atom stereocenters. The summed E-state index contributed by atoms with van der Waals surface area (Å²) in [6.07, 6.45) is 0. The first kappa shape index (κ1) is 10.2. The van der Waals surface area contributed by atoms with Crippen molar-refractivity contribution in [2.45, 2.75) is 19.5 Å². The van der Waals surface area contributed by atoms with Crippen molar-refractivity contribution < 1.29 is 9.30 Å². The fraction of sp³-hybridized carbons (Fsp3) is 0.400. The van der Waals surface area contributed by atoms with Gasteiger partial charge in [-0.15, -0.1) is 0 Å². The molecule has 1 aromatic rings. The van der Waals surface area contributed by atoms with Crippen molar-refractivity contribution in [1.29, 1.82) is 0 Å². The SMILES string of the molecule is COc1ccc([P](=O)C(C)C)cc1. The minimum Gasteiger partial charge on any atom is -0.497 e. The molecule has 1 radical (unpaired) electrons. The van der Waals surface area contributed by atoms with Crippen LogP contribution in [0.5, 0.6) is 5.75 Å². The van der Waals surface area contributed by atoms with E-state index in [4.69, 9.17) is 4.74 Å². The normalized spacial score (nSPS) is 11.5. The molecule has 1 unspecified atom stereocenters. The van der Waals surface area contributed by atoms with Gasteiger partial charge in [-0.3, -0.25) is 4.57 Å². The van der Waals surface area contributed by atoms with Gasteiger partial charge in [0.15, 0.2) is 0 Å². The summed E-state index contributed by atoms with van der Waals surface area (Å²) >= 11 is 0. The Bertz CT molecular complexity index is 290. The van der Waals surface area contributed by atoms with Crippen LogP contribution < -0.4 is 10.0 Å². The van der Waals surface area contributed by atoms with Crippen molar-refractivity contribution in [3.63, 3.8) is 0 Å². The van der Waals surface area contributed by atoms with Gasteiger partial charge in [0.2, 0.25) is 0 Å². The molecule has 3 heteroatoms. The zero-order valence-corrected chi connectivity index (χ0v) is 9.04. The Morgan fingerprint density at radius 2 is 1.77 bits per heavy atom. The number of hydrogen-bond acceptors (Lipinski definition) is 2. The number of rotatable bonds is 3. The summed E-state index contributed by atoms with van der Waals surface area (Å²) in [6.45, 7) is 3.92. The van der Waals surface area contributed by atoms with E-state index in [1.54, 1.807) is 7.11 Å². The number of benzene rings is 1. The van der Waals surface area contributed by atoms with Crippen LogP contribution in [0.15, 0.2) is 24.3 Å². The Hall–Kier alpha value is -0.880. The molecule has 2 nitrogen and oxygen atoms in total. The van der Waals surface area contributed by atoms with Crippen LogP contribution in [0.25, 0.3) is 0 Å². The van der Waals surface area contributed by atoms with E-state index in [2.05, 4.69) is 0 Å².